The molecule has 3 atom stereocenters. The molecule has 0 spiro atoms. The topological polar surface area (TPSA) is 152 Å². The predicted octanol–water partition coefficient (Wildman–Crippen LogP) is 4.46. The Hall–Kier alpha value is -4.16. The van der Waals surface area contributed by atoms with Gasteiger partial charge in [0.05, 0.1) is 24.0 Å². The molecule has 3 rings (SSSR count). The van der Waals surface area contributed by atoms with Gasteiger partial charge in [0.2, 0.25) is 5.91 Å². The van der Waals surface area contributed by atoms with Crippen LogP contribution in [0.15, 0.2) is 64.7 Å². The Labute approximate surface area is 244 Å². The summed E-state index contributed by atoms with van der Waals surface area (Å²) in [6, 6.07) is 13.5. The number of nitro groups is 1. The summed E-state index contributed by atoms with van der Waals surface area (Å²) in [5, 5.41) is 10.3. The molecule has 0 bridgehead atoms. The summed E-state index contributed by atoms with van der Waals surface area (Å²) in [6.45, 7) is 0.792. The molecule has 1 saturated heterocycles. The maximum absolute atomic E-state index is 13.1. The average Bonchev–Trinajstić information content (AvgIpc) is 2.97. The largest absolute Gasteiger partial charge is 0.508 e. The Morgan fingerprint density at radius 1 is 1.00 bits per heavy atom. The third kappa shape index (κ3) is 8.41. The lowest BCUT2D eigenvalue weighted by molar-refractivity contribution is -0.384. The Morgan fingerprint density at radius 3 is 2.22 bits per heavy atom. The molecule has 2 aromatic rings. The second kappa shape index (κ2) is 14.5. The van der Waals surface area contributed by atoms with Crippen LogP contribution in [0.4, 0.5) is 10.5 Å². The van der Waals surface area contributed by atoms with Gasteiger partial charge in [-0.25, -0.2) is 9.59 Å². The highest BCUT2D eigenvalue weighted by atomic mass is 35.5. The van der Waals surface area contributed by atoms with Crippen molar-refractivity contribution in [3.63, 3.8) is 0 Å². The van der Waals surface area contributed by atoms with E-state index in [1.165, 1.54) is 36.1 Å². The average molecular weight is 609 g/mol. The molecule has 0 unspecified atom stereocenters. The molecule has 0 N–H and O–H groups in total. The van der Waals surface area contributed by atoms with Gasteiger partial charge < -0.3 is 23.8 Å². The Balaban J connectivity index is 1.66. The fourth-order valence-electron chi connectivity index (χ4n) is 4.09. The van der Waals surface area contributed by atoms with Crippen LogP contribution in [0.5, 0.6) is 0 Å². The summed E-state index contributed by atoms with van der Waals surface area (Å²) < 4.78 is 20.2. The van der Waals surface area contributed by atoms with Crippen LogP contribution in [0.3, 0.4) is 0 Å². The van der Waals surface area contributed by atoms with Gasteiger partial charge in [-0.1, -0.05) is 53.5 Å². The number of methoxy groups -OCH3 is 1. The van der Waals surface area contributed by atoms with Gasteiger partial charge in [-0.2, -0.15) is 0 Å². The highest BCUT2D eigenvalue weighted by Gasteiger charge is 2.52. The minimum absolute atomic E-state index is 0.0372. The number of non-ortho nitro benzene ring substituents is 1. The van der Waals surface area contributed by atoms with Crippen molar-refractivity contribution >= 4 is 52.9 Å². The molecule has 1 heterocycles. The van der Waals surface area contributed by atoms with Crippen molar-refractivity contribution in [3.8, 4) is 0 Å². The van der Waals surface area contributed by atoms with E-state index in [9.17, 15) is 29.3 Å². The van der Waals surface area contributed by atoms with Crippen LogP contribution in [0.2, 0.25) is 0 Å². The molecule has 0 saturated carbocycles. The number of halogens is 2. The fourth-order valence-corrected chi connectivity index (χ4v) is 4.48. The zero-order chi connectivity index (χ0) is 30.1. The van der Waals surface area contributed by atoms with Gasteiger partial charge in [-0.05, 0) is 30.2 Å². The van der Waals surface area contributed by atoms with E-state index in [0.717, 1.165) is 12.7 Å². The molecule has 1 fully saturated rings. The summed E-state index contributed by atoms with van der Waals surface area (Å²) in [4.78, 5) is 61.1. The number of hydrogen-bond donors (Lipinski definition) is 0. The summed E-state index contributed by atoms with van der Waals surface area (Å²) >= 11 is 12.2. The highest BCUT2D eigenvalue weighted by molar-refractivity contribution is 6.47. The smallest absolute Gasteiger partial charge is 0.465 e. The standard InChI is InChI=1S/C27H26Cl2N2O10/c1-16(41-27(35)40-15-17-6-4-3-5-7-17)23-21(12-20(28)24(29)26(34)38-2)30(25(23)33)13-22(32)39-14-18-8-10-19(11-9-18)31(36)37/h3-11,16,21,23H,12-15H2,1-2H3/t16-,21-,23+/m1/s1. The number of ether oxygens (including phenoxy) is 4. The maximum Gasteiger partial charge on any atom is 0.508 e. The molecule has 41 heavy (non-hydrogen) atoms. The van der Waals surface area contributed by atoms with Gasteiger partial charge in [-0.3, -0.25) is 19.7 Å². The zero-order valence-corrected chi connectivity index (χ0v) is 23.5. The molecule has 12 nitrogen and oxygen atoms in total. The van der Waals surface area contributed by atoms with Gasteiger partial charge in [0, 0.05) is 23.6 Å². The van der Waals surface area contributed by atoms with E-state index >= 15 is 0 Å². The summed E-state index contributed by atoms with van der Waals surface area (Å²) in [6.07, 6.45) is -2.12. The van der Waals surface area contributed by atoms with E-state index in [2.05, 4.69) is 4.74 Å². The molecular weight excluding hydrogens is 583 g/mol. The van der Waals surface area contributed by atoms with Crippen molar-refractivity contribution in [1.82, 2.24) is 4.90 Å². The van der Waals surface area contributed by atoms with Crippen molar-refractivity contribution in [3.05, 3.63) is 85.9 Å². The number of benzene rings is 2. The first kappa shape index (κ1) is 31.4. The van der Waals surface area contributed by atoms with Crippen LogP contribution in [0.1, 0.15) is 24.5 Å². The van der Waals surface area contributed by atoms with Crippen LogP contribution in [-0.2, 0) is 46.5 Å². The summed E-state index contributed by atoms with van der Waals surface area (Å²) in [5.74, 6) is -3.11. The molecule has 218 valence electrons. The Kier molecular flexibility index (Phi) is 11.1. The number of β-lactam (4-membered cyclic amide) rings is 1. The lowest BCUT2D eigenvalue weighted by Gasteiger charge is -2.48. The van der Waals surface area contributed by atoms with Crippen molar-refractivity contribution in [2.45, 2.75) is 38.7 Å². The molecule has 1 aliphatic heterocycles. The van der Waals surface area contributed by atoms with Gasteiger partial charge in [0.25, 0.3) is 5.69 Å². The number of nitrogens with zero attached hydrogens (tertiary/aromatic N) is 2. The van der Waals surface area contributed by atoms with E-state index in [4.69, 9.17) is 37.4 Å². The molecule has 1 aliphatic rings. The minimum atomic E-state index is -0.997. The number of hydrogen-bond acceptors (Lipinski definition) is 10. The van der Waals surface area contributed by atoms with E-state index in [1.54, 1.807) is 24.3 Å². The quantitative estimate of drug-likeness (QED) is 0.0842. The van der Waals surface area contributed by atoms with Crippen molar-refractivity contribution in [1.29, 1.82) is 0 Å². The summed E-state index contributed by atoms with van der Waals surface area (Å²) in [5.41, 5.74) is 1.12. The monoisotopic (exact) mass is 608 g/mol. The lowest BCUT2D eigenvalue weighted by Crippen LogP contribution is -2.65. The Morgan fingerprint density at radius 2 is 1.61 bits per heavy atom. The van der Waals surface area contributed by atoms with Gasteiger partial charge >= 0.3 is 18.1 Å². The van der Waals surface area contributed by atoms with Gasteiger partial charge in [-0.15, -0.1) is 0 Å². The van der Waals surface area contributed by atoms with Crippen molar-refractivity contribution in [2.24, 2.45) is 5.92 Å². The minimum Gasteiger partial charge on any atom is -0.465 e. The zero-order valence-electron chi connectivity index (χ0n) is 22.0. The number of likely N-dealkylation sites (tertiary alicyclic amines) is 1. The van der Waals surface area contributed by atoms with Crippen LogP contribution in [0, 0.1) is 16.0 Å². The third-order valence-corrected chi connectivity index (χ3v) is 7.03. The van der Waals surface area contributed by atoms with Crippen LogP contribution in [-0.4, -0.2) is 59.6 Å². The van der Waals surface area contributed by atoms with Crippen LogP contribution >= 0.6 is 23.2 Å². The number of esters is 2. The molecule has 0 radical (unpaired) electrons. The van der Waals surface area contributed by atoms with Crippen molar-refractivity contribution in [2.75, 3.05) is 13.7 Å². The van der Waals surface area contributed by atoms with Gasteiger partial charge in [0.15, 0.2) is 0 Å². The van der Waals surface area contributed by atoms with E-state index in [1.807, 2.05) is 6.07 Å². The van der Waals surface area contributed by atoms with Crippen LogP contribution in [0.25, 0.3) is 0 Å². The normalized spacial score (nSPS) is 17.5. The molecule has 0 aliphatic carbocycles. The third-order valence-electron chi connectivity index (χ3n) is 6.21. The number of carbonyl (C=O) groups is 4. The summed E-state index contributed by atoms with van der Waals surface area (Å²) in [7, 11) is 1.12. The molecular formula is C27H26Cl2N2O10. The number of nitro benzene ring substituents is 1. The van der Waals surface area contributed by atoms with Gasteiger partial charge in [0.1, 0.15) is 30.9 Å². The first-order valence-corrected chi connectivity index (χ1v) is 13.0. The first-order valence-electron chi connectivity index (χ1n) is 12.2. The first-order chi connectivity index (χ1) is 19.5. The number of carbonyl (C=O) groups excluding carboxylic acids is 4. The van der Waals surface area contributed by atoms with E-state index in [-0.39, 0.29) is 30.4 Å². The predicted molar refractivity (Wildman–Crippen MR) is 144 cm³/mol. The molecule has 0 aromatic heterocycles. The second-order valence-corrected chi connectivity index (χ2v) is 9.74. The maximum atomic E-state index is 13.1. The second-order valence-electron chi connectivity index (χ2n) is 8.91. The SMILES string of the molecule is COC(=O)C(Cl)=C(Cl)C[C@@H]1[C@H]([C@@H](C)OC(=O)OCc2ccccc2)C(=O)N1CC(=O)OCc1ccc([N+](=O)[O-])cc1. The lowest BCUT2D eigenvalue weighted by atomic mass is 9.81. The van der Waals surface area contributed by atoms with Crippen molar-refractivity contribution < 1.29 is 43.0 Å². The Bertz CT molecular complexity index is 1320. The number of rotatable bonds is 12. The number of amides is 1. The molecule has 1 amide bonds. The van der Waals surface area contributed by atoms with Crippen LogP contribution < -0.4 is 0 Å². The highest BCUT2D eigenvalue weighted by Crippen LogP contribution is 2.37. The molecule has 2 aromatic carbocycles. The fraction of sp³-hybridized carbons (Fsp3) is 0.333. The molecule has 14 heteroatoms. The van der Waals surface area contributed by atoms with E-state index < -0.39 is 58.6 Å². The van der Waals surface area contributed by atoms with E-state index in [0.29, 0.717) is 5.56 Å².